The van der Waals surface area contributed by atoms with Crippen LogP contribution in [0.15, 0.2) is 71.6 Å². The van der Waals surface area contributed by atoms with E-state index in [-0.39, 0.29) is 30.6 Å². The van der Waals surface area contributed by atoms with Crippen molar-refractivity contribution in [3.63, 3.8) is 0 Å². The largest absolute Gasteiger partial charge is 0.430 e. The Labute approximate surface area is 250 Å². The van der Waals surface area contributed by atoms with E-state index in [4.69, 9.17) is 0 Å². The van der Waals surface area contributed by atoms with Crippen LogP contribution in [-0.4, -0.2) is 42.8 Å². The highest BCUT2D eigenvalue weighted by molar-refractivity contribution is 7.92. The van der Waals surface area contributed by atoms with Crippen molar-refractivity contribution in [2.24, 2.45) is 0 Å². The lowest BCUT2D eigenvalue weighted by Gasteiger charge is -2.39. The zero-order valence-corrected chi connectivity index (χ0v) is 23.9. The van der Waals surface area contributed by atoms with E-state index in [9.17, 15) is 49.1 Å². The maximum Gasteiger partial charge on any atom is 0.430 e. The van der Waals surface area contributed by atoms with Crippen LogP contribution >= 0.6 is 11.3 Å². The van der Waals surface area contributed by atoms with Crippen LogP contribution in [0, 0.1) is 5.82 Å². The molecule has 0 spiro atoms. The highest BCUT2D eigenvalue weighted by Crippen LogP contribution is 2.51. The summed E-state index contributed by atoms with van der Waals surface area (Å²) in [5.41, 5.74) is -6.54. The number of hydrogen-bond donors (Lipinski definition) is 2. The van der Waals surface area contributed by atoms with Gasteiger partial charge in [0.05, 0.1) is 33.4 Å². The van der Waals surface area contributed by atoms with Gasteiger partial charge in [0.15, 0.2) is 0 Å². The SMILES string of the molecule is O=C(C[C@@H]1CCc2cc(C(O)(C(F)(F)F)C(F)(F)F)ccc2N1S(=O)(=O)c1ccc(F)cc1)NCc1nc2ccccc2s1. The number of nitrogens with zero attached hydrogens (tertiary/aromatic N) is 2. The number of amides is 1. The van der Waals surface area contributed by atoms with Crippen LogP contribution in [0.4, 0.5) is 36.4 Å². The normalized spacial score (nSPS) is 16.2. The van der Waals surface area contributed by atoms with Crippen LogP contribution in [0.2, 0.25) is 0 Å². The molecule has 7 nitrogen and oxygen atoms in total. The van der Waals surface area contributed by atoms with Crippen LogP contribution < -0.4 is 9.62 Å². The van der Waals surface area contributed by atoms with Crippen molar-refractivity contribution in [3.8, 4) is 0 Å². The Hall–Kier alpha value is -3.76. The summed E-state index contributed by atoms with van der Waals surface area (Å²) in [4.78, 5) is 17.0. The fourth-order valence-electron chi connectivity index (χ4n) is 5.04. The molecule has 0 saturated carbocycles. The maximum atomic E-state index is 13.8. The number of benzene rings is 3. The quantitative estimate of drug-likeness (QED) is 0.238. The van der Waals surface area contributed by atoms with Crippen molar-refractivity contribution < 1.29 is 49.1 Å². The van der Waals surface area contributed by atoms with Gasteiger partial charge in [0.25, 0.3) is 15.6 Å². The smallest absolute Gasteiger partial charge is 0.369 e. The topological polar surface area (TPSA) is 99.6 Å². The third kappa shape index (κ3) is 5.73. The number of anilines is 1. The summed E-state index contributed by atoms with van der Waals surface area (Å²) in [6, 6.07) is 11.4. The van der Waals surface area contributed by atoms with Gasteiger partial charge in [0.2, 0.25) is 5.91 Å². The molecule has 1 amide bonds. The number of aryl methyl sites for hydroxylation is 1. The van der Waals surface area contributed by atoms with Crippen LogP contribution in [0.5, 0.6) is 0 Å². The van der Waals surface area contributed by atoms with E-state index in [2.05, 4.69) is 10.3 Å². The van der Waals surface area contributed by atoms with Crippen molar-refractivity contribution in [2.75, 3.05) is 4.31 Å². The minimum absolute atomic E-state index is 0.0308. The number of carbonyl (C=O) groups is 1. The Balaban J connectivity index is 1.49. The van der Waals surface area contributed by atoms with Gasteiger partial charge in [-0.05, 0) is 60.9 Å². The molecule has 5 rings (SSSR count). The predicted octanol–water partition coefficient (Wildman–Crippen LogP) is 5.96. The van der Waals surface area contributed by atoms with Crippen LogP contribution in [0.1, 0.15) is 29.0 Å². The highest BCUT2D eigenvalue weighted by Gasteiger charge is 2.71. The molecule has 1 aliphatic heterocycles. The number of aromatic nitrogens is 1. The lowest BCUT2D eigenvalue weighted by Crippen LogP contribution is -2.54. The van der Waals surface area contributed by atoms with Gasteiger partial charge in [-0.2, -0.15) is 26.3 Å². The fraction of sp³-hybridized carbons (Fsp3) is 0.286. The molecule has 0 bridgehead atoms. The third-order valence-electron chi connectivity index (χ3n) is 7.20. The van der Waals surface area contributed by atoms with Gasteiger partial charge in [0.1, 0.15) is 10.8 Å². The molecule has 1 aromatic heterocycles. The fourth-order valence-corrected chi connectivity index (χ4v) is 7.66. The number of thiazole rings is 1. The maximum absolute atomic E-state index is 13.8. The van der Waals surface area contributed by atoms with Crippen molar-refractivity contribution in [2.45, 2.75) is 54.7 Å². The molecule has 1 aliphatic rings. The van der Waals surface area contributed by atoms with Gasteiger partial charge in [-0.3, -0.25) is 9.10 Å². The minimum atomic E-state index is -6.14. The summed E-state index contributed by atoms with van der Waals surface area (Å²) >= 11 is 1.34. The van der Waals surface area contributed by atoms with Crippen molar-refractivity contribution in [1.82, 2.24) is 10.3 Å². The second-order valence-corrected chi connectivity index (χ2v) is 13.0. The molecule has 0 fully saturated rings. The highest BCUT2D eigenvalue weighted by atomic mass is 32.2. The summed E-state index contributed by atoms with van der Waals surface area (Å²) in [5.74, 6) is -1.34. The molecule has 1 atom stereocenters. The van der Waals surface area contributed by atoms with E-state index in [0.29, 0.717) is 17.1 Å². The van der Waals surface area contributed by atoms with Gasteiger partial charge in [-0.15, -0.1) is 11.3 Å². The first-order valence-corrected chi connectivity index (χ1v) is 15.2. The van der Waals surface area contributed by atoms with Crippen LogP contribution in [-0.2, 0) is 33.4 Å². The van der Waals surface area contributed by atoms with E-state index in [1.54, 1.807) is 12.1 Å². The van der Waals surface area contributed by atoms with Gasteiger partial charge in [0, 0.05) is 12.0 Å². The van der Waals surface area contributed by atoms with Gasteiger partial charge < -0.3 is 10.4 Å². The molecule has 2 heterocycles. The van der Waals surface area contributed by atoms with Crippen molar-refractivity contribution >= 4 is 43.2 Å². The third-order valence-corrected chi connectivity index (χ3v) is 10.1. The number of aliphatic hydroxyl groups is 1. The van der Waals surface area contributed by atoms with Gasteiger partial charge >= 0.3 is 12.4 Å². The number of alkyl halides is 6. The molecule has 234 valence electrons. The Kier molecular flexibility index (Phi) is 8.13. The average molecular weight is 662 g/mol. The second kappa shape index (κ2) is 11.3. The summed E-state index contributed by atoms with van der Waals surface area (Å²) in [6.45, 7) is 0.0308. The number of carbonyl (C=O) groups excluding carboxylic acids is 1. The molecule has 4 aromatic rings. The second-order valence-electron chi connectivity index (χ2n) is 10.1. The Morgan fingerprint density at radius 1 is 1.00 bits per heavy atom. The molecular formula is C28H22F7N3O4S2. The molecule has 0 saturated heterocycles. The van der Waals surface area contributed by atoms with E-state index in [1.165, 1.54) is 11.3 Å². The van der Waals surface area contributed by atoms with E-state index in [1.807, 2.05) is 12.1 Å². The van der Waals surface area contributed by atoms with E-state index in [0.717, 1.165) is 44.9 Å². The number of nitrogens with one attached hydrogen (secondary N) is 1. The van der Waals surface area contributed by atoms with Crippen molar-refractivity contribution in [3.05, 3.63) is 88.7 Å². The average Bonchev–Trinajstić information content (AvgIpc) is 3.37. The van der Waals surface area contributed by atoms with Gasteiger partial charge in [-0.1, -0.05) is 24.3 Å². The lowest BCUT2D eigenvalue weighted by atomic mass is 9.87. The summed E-state index contributed by atoms with van der Waals surface area (Å²) in [5, 5.41) is 13.1. The molecule has 2 N–H and O–H groups in total. The molecule has 0 unspecified atom stereocenters. The molecular weight excluding hydrogens is 639 g/mol. The number of halogens is 7. The van der Waals surface area contributed by atoms with Crippen LogP contribution in [0.3, 0.4) is 0 Å². The first-order valence-electron chi connectivity index (χ1n) is 12.9. The van der Waals surface area contributed by atoms with Crippen LogP contribution in [0.25, 0.3) is 10.2 Å². The Morgan fingerprint density at radius 2 is 1.66 bits per heavy atom. The predicted molar refractivity (Wildman–Crippen MR) is 147 cm³/mol. The zero-order valence-electron chi connectivity index (χ0n) is 22.3. The number of rotatable bonds is 7. The molecule has 16 heteroatoms. The Bertz CT molecular complexity index is 1760. The van der Waals surface area contributed by atoms with Gasteiger partial charge in [-0.25, -0.2) is 17.8 Å². The summed E-state index contributed by atoms with van der Waals surface area (Å²) in [6.07, 6.45) is -13.1. The number of fused-ring (bicyclic) bond motifs is 2. The first kappa shape index (κ1) is 31.7. The first-order chi connectivity index (χ1) is 20.5. The Morgan fingerprint density at radius 3 is 2.30 bits per heavy atom. The lowest BCUT2D eigenvalue weighted by molar-refractivity contribution is -0.376. The molecule has 0 aliphatic carbocycles. The molecule has 0 radical (unpaired) electrons. The number of para-hydroxylation sites is 1. The van der Waals surface area contributed by atoms with E-state index < -0.39 is 62.6 Å². The van der Waals surface area contributed by atoms with Crippen molar-refractivity contribution in [1.29, 1.82) is 0 Å². The molecule has 3 aromatic carbocycles. The monoisotopic (exact) mass is 661 g/mol. The number of sulfonamides is 1. The minimum Gasteiger partial charge on any atom is -0.369 e. The zero-order chi connectivity index (χ0) is 32.1. The molecule has 44 heavy (non-hydrogen) atoms. The summed E-state index contributed by atoms with van der Waals surface area (Å²) in [7, 11) is -4.61. The standard InChI is InChI=1S/C28H22F7N3O4S2/c29-18-7-10-20(11-8-18)44(41,42)38-19(14-24(39)36-15-25-37-21-3-1-2-4-23(21)43-25)9-5-16-13-17(6-12-22(16)38)26(40,27(30,31)32)28(33,34)35/h1-4,6-8,10-13,19,40H,5,9,14-15H2,(H,36,39)/t19-/m0/s1. The number of hydrogen-bond acceptors (Lipinski definition) is 6. The summed E-state index contributed by atoms with van der Waals surface area (Å²) < 4.78 is 124. The van der Waals surface area contributed by atoms with E-state index >= 15 is 0 Å².